The summed E-state index contributed by atoms with van der Waals surface area (Å²) in [5.74, 6) is 0.518. The largest absolute Gasteiger partial charge is 0.431 e. The predicted octanol–water partition coefficient (Wildman–Crippen LogP) is 1.93. The molecule has 8 nitrogen and oxygen atoms in total. The molecule has 0 fully saturated rings. The van der Waals surface area contributed by atoms with Crippen LogP contribution >= 0.6 is 11.8 Å². The topological polar surface area (TPSA) is 114 Å². The fourth-order valence-electron chi connectivity index (χ4n) is 2.21. The highest BCUT2D eigenvalue weighted by molar-refractivity contribution is 8.00. The summed E-state index contributed by atoms with van der Waals surface area (Å²) in [6.45, 7) is 2.03. The quantitative estimate of drug-likeness (QED) is 0.584. The van der Waals surface area contributed by atoms with E-state index in [4.69, 9.17) is 14.0 Å². The number of benzene rings is 1. The van der Waals surface area contributed by atoms with Crippen molar-refractivity contribution in [2.24, 2.45) is 0 Å². The Morgan fingerprint density at radius 1 is 1.36 bits per heavy atom. The van der Waals surface area contributed by atoms with Gasteiger partial charge in [0.05, 0.1) is 5.25 Å². The number of carbonyl (C=O) groups excluding carboxylic acids is 1. The van der Waals surface area contributed by atoms with Gasteiger partial charge in [-0.1, -0.05) is 36.0 Å². The van der Waals surface area contributed by atoms with Crippen molar-refractivity contribution in [2.45, 2.75) is 36.8 Å². The zero-order valence-electron chi connectivity index (χ0n) is 13.6. The van der Waals surface area contributed by atoms with Gasteiger partial charge in [-0.3, -0.25) is 4.79 Å². The highest BCUT2D eigenvalue weighted by Gasteiger charge is 2.21. The van der Waals surface area contributed by atoms with Gasteiger partial charge in [0.25, 0.3) is 11.1 Å². The van der Waals surface area contributed by atoms with E-state index in [1.54, 1.807) is 0 Å². The number of fused-ring (bicyclic) bond motifs is 1. The highest BCUT2D eigenvalue weighted by Crippen LogP contribution is 2.28. The minimum absolute atomic E-state index is 0.0966. The summed E-state index contributed by atoms with van der Waals surface area (Å²) in [4.78, 5) is 20.7. The minimum Gasteiger partial charge on any atom is -0.431 e. The van der Waals surface area contributed by atoms with Crippen molar-refractivity contribution in [1.82, 2.24) is 20.4 Å². The fourth-order valence-corrected chi connectivity index (χ4v) is 3.10. The third-order valence-electron chi connectivity index (χ3n) is 3.47. The summed E-state index contributed by atoms with van der Waals surface area (Å²) in [5, 5.41) is 15.6. The molecule has 0 radical (unpaired) electrons. The summed E-state index contributed by atoms with van der Waals surface area (Å²) in [7, 11) is 0. The van der Waals surface area contributed by atoms with Gasteiger partial charge < -0.3 is 19.4 Å². The standard InChI is InChI=1S/C16H18N4O4S/c1-2-12(25-16-18-10-5-3-4-6-11(10)23-16)15(22)17-8-7-13-19-14(9-21)24-20-13/h3-6,12,21H,2,7-9H2,1H3,(H,17,22). The lowest BCUT2D eigenvalue weighted by Gasteiger charge is -2.12. The van der Waals surface area contributed by atoms with Crippen molar-refractivity contribution in [3.05, 3.63) is 36.0 Å². The van der Waals surface area contributed by atoms with E-state index in [2.05, 4.69) is 20.4 Å². The second kappa shape index (κ2) is 8.13. The Labute approximate surface area is 148 Å². The van der Waals surface area contributed by atoms with Gasteiger partial charge in [0.1, 0.15) is 12.1 Å². The van der Waals surface area contributed by atoms with Gasteiger partial charge in [-0.2, -0.15) is 4.98 Å². The highest BCUT2D eigenvalue weighted by atomic mass is 32.2. The monoisotopic (exact) mass is 362 g/mol. The van der Waals surface area contributed by atoms with Crippen LogP contribution in [0.1, 0.15) is 25.1 Å². The first-order chi connectivity index (χ1) is 12.2. The molecule has 1 unspecified atom stereocenters. The zero-order valence-corrected chi connectivity index (χ0v) is 14.5. The normalized spacial score (nSPS) is 12.4. The van der Waals surface area contributed by atoms with Crippen molar-refractivity contribution < 1.29 is 18.8 Å². The summed E-state index contributed by atoms with van der Waals surface area (Å²) in [5.41, 5.74) is 1.48. The maximum Gasteiger partial charge on any atom is 0.257 e. The third kappa shape index (κ3) is 4.37. The number of oxazole rings is 1. The number of amides is 1. The number of thioether (sulfide) groups is 1. The number of hydrogen-bond donors (Lipinski definition) is 2. The molecule has 0 saturated heterocycles. The van der Waals surface area contributed by atoms with Crippen LogP contribution in [0.15, 0.2) is 38.4 Å². The lowest BCUT2D eigenvalue weighted by atomic mass is 10.3. The summed E-state index contributed by atoms with van der Waals surface area (Å²) < 4.78 is 10.5. The van der Waals surface area contributed by atoms with E-state index in [1.807, 2.05) is 31.2 Å². The van der Waals surface area contributed by atoms with E-state index in [9.17, 15) is 4.79 Å². The molecular weight excluding hydrogens is 344 g/mol. The molecule has 3 rings (SSSR count). The molecular formula is C16H18N4O4S. The maximum atomic E-state index is 12.3. The van der Waals surface area contributed by atoms with Crippen molar-refractivity contribution in [2.75, 3.05) is 6.54 Å². The number of aromatic nitrogens is 3. The molecule has 0 bridgehead atoms. The van der Waals surface area contributed by atoms with Gasteiger partial charge in [0, 0.05) is 13.0 Å². The van der Waals surface area contributed by atoms with Crippen LogP contribution in [0.3, 0.4) is 0 Å². The molecule has 0 aliphatic rings. The minimum atomic E-state index is -0.300. The fraction of sp³-hybridized carbons (Fsp3) is 0.375. The van der Waals surface area contributed by atoms with Gasteiger partial charge >= 0.3 is 0 Å². The summed E-state index contributed by atoms with van der Waals surface area (Å²) in [6.07, 6.45) is 1.07. The van der Waals surface area contributed by atoms with Crippen LogP contribution in [-0.4, -0.2) is 37.9 Å². The molecule has 25 heavy (non-hydrogen) atoms. The molecule has 132 valence electrons. The first-order valence-electron chi connectivity index (χ1n) is 7.92. The first kappa shape index (κ1) is 17.4. The van der Waals surface area contributed by atoms with E-state index < -0.39 is 0 Å². The molecule has 0 saturated carbocycles. The summed E-state index contributed by atoms with van der Waals surface area (Å²) in [6, 6.07) is 7.49. The smallest absolute Gasteiger partial charge is 0.257 e. The molecule has 2 N–H and O–H groups in total. The molecule has 3 aromatic rings. The Morgan fingerprint density at radius 3 is 2.92 bits per heavy atom. The molecule has 2 aromatic heterocycles. The van der Waals surface area contributed by atoms with E-state index in [0.29, 0.717) is 36.0 Å². The van der Waals surface area contributed by atoms with Gasteiger partial charge in [-0.25, -0.2) is 4.98 Å². The predicted molar refractivity (Wildman–Crippen MR) is 90.9 cm³/mol. The van der Waals surface area contributed by atoms with Gasteiger partial charge in [-0.15, -0.1) is 0 Å². The Bertz CT molecular complexity index is 814. The van der Waals surface area contributed by atoms with Gasteiger partial charge in [0.2, 0.25) is 5.91 Å². The van der Waals surface area contributed by atoms with Crippen LogP contribution in [0, 0.1) is 0 Å². The lowest BCUT2D eigenvalue weighted by molar-refractivity contribution is -0.120. The molecule has 2 heterocycles. The van der Waals surface area contributed by atoms with Crippen LogP contribution in [0.5, 0.6) is 0 Å². The second-order valence-corrected chi connectivity index (χ2v) is 6.42. The molecule has 0 aliphatic heterocycles. The molecule has 9 heteroatoms. The van der Waals surface area contributed by atoms with Crippen LogP contribution in [-0.2, 0) is 17.8 Å². The Kier molecular flexibility index (Phi) is 5.67. The number of para-hydroxylation sites is 2. The molecule has 1 atom stereocenters. The van der Waals surface area contributed by atoms with E-state index >= 15 is 0 Å². The SMILES string of the molecule is CCC(Sc1nc2ccccc2o1)C(=O)NCCc1noc(CO)n1. The van der Waals surface area contributed by atoms with E-state index in [1.165, 1.54) is 11.8 Å². The Balaban J connectivity index is 1.53. The Morgan fingerprint density at radius 2 is 2.20 bits per heavy atom. The molecule has 0 spiro atoms. The van der Waals surface area contributed by atoms with E-state index in [0.717, 1.165) is 5.52 Å². The number of carbonyl (C=O) groups is 1. The summed E-state index contributed by atoms with van der Waals surface area (Å²) >= 11 is 1.30. The van der Waals surface area contributed by atoms with Crippen molar-refractivity contribution in [1.29, 1.82) is 0 Å². The van der Waals surface area contributed by atoms with Crippen LogP contribution in [0.4, 0.5) is 0 Å². The molecule has 1 aromatic carbocycles. The maximum absolute atomic E-state index is 12.3. The zero-order chi connectivity index (χ0) is 17.6. The van der Waals surface area contributed by atoms with Gasteiger partial charge in [-0.05, 0) is 18.6 Å². The average Bonchev–Trinajstić information content (AvgIpc) is 3.25. The molecule has 1 amide bonds. The average molecular weight is 362 g/mol. The number of hydrogen-bond acceptors (Lipinski definition) is 8. The van der Waals surface area contributed by atoms with E-state index in [-0.39, 0.29) is 23.7 Å². The lowest BCUT2D eigenvalue weighted by Crippen LogP contribution is -2.33. The Hall–Kier alpha value is -2.39. The number of aliphatic hydroxyl groups is 1. The van der Waals surface area contributed by atoms with Gasteiger partial charge in [0.15, 0.2) is 11.4 Å². The van der Waals surface area contributed by atoms with Crippen LogP contribution in [0.2, 0.25) is 0 Å². The van der Waals surface area contributed by atoms with Crippen molar-refractivity contribution >= 4 is 28.8 Å². The number of nitrogens with zero attached hydrogens (tertiary/aromatic N) is 3. The van der Waals surface area contributed by atoms with Crippen molar-refractivity contribution in [3.63, 3.8) is 0 Å². The second-order valence-electron chi connectivity index (χ2n) is 5.27. The number of rotatable bonds is 8. The third-order valence-corrected chi connectivity index (χ3v) is 4.68. The number of nitrogens with one attached hydrogen (secondary N) is 1. The van der Waals surface area contributed by atoms with Crippen LogP contribution in [0.25, 0.3) is 11.1 Å². The number of aliphatic hydroxyl groups excluding tert-OH is 1. The first-order valence-corrected chi connectivity index (χ1v) is 8.79. The molecule has 0 aliphatic carbocycles. The van der Waals surface area contributed by atoms with Crippen molar-refractivity contribution in [3.8, 4) is 0 Å². The van der Waals surface area contributed by atoms with Crippen LogP contribution < -0.4 is 5.32 Å².